The first-order chi connectivity index (χ1) is 7.30. The summed E-state index contributed by atoms with van der Waals surface area (Å²) in [5, 5.41) is 11.5. The summed E-state index contributed by atoms with van der Waals surface area (Å²) >= 11 is 0. The standard InChI is InChI=1S/C11H20N2O3/c1-8-4-5-13(7-8)10(16)12-11(2,3)6-9(14)15/h8H,4-7H2,1-3H3,(H,12,16)(H,14,15). The third-order valence-corrected chi connectivity index (χ3v) is 2.75. The third kappa shape index (κ3) is 3.72. The van der Waals surface area contributed by atoms with Crippen molar-refractivity contribution >= 4 is 12.0 Å². The molecule has 1 heterocycles. The molecule has 0 spiro atoms. The Morgan fingerprint density at radius 3 is 2.56 bits per heavy atom. The van der Waals surface area contributed by atoms with Gasteiger partial charge in [-0.05, 0) is 26.2 Å². The topological polar surface area (TPSA) is 69.6 Å². The number of nitrogens with zero attached hydrogens (tertiary/aromatic N) is 1. The number of urea groups is 1. The van der Waals surface area contributed by atoms with Crippen LogP contribution in [-0.4, -0.2) is 40.6 Å². The predicted octanol–water partition coefficient (Wildman–Crippen LogP) is 1.29. The van der Waals surface area contributed by atoms with E-state index in [-0.39, 0.29) is 12.5 Å². The minimum atomic E-state index is -0.903. The monoisotopic (exact) mass is 228 g/mol. The van der Waals surface area contributed by atoms with Crippen LogP contribution in [0.25, 0.3) is 0 Å². The van der Waals surface area contributed by atoms with Crippen LogP contribution in [0.3, 0.4) is 0 Å². The summed E-state index contributed by atoms with van der Waals surface area (Å²) in [6.45, 7) is 7.07. The number of hydrogen-bond acceptors (Lipinski definition) is 2. The highest BCUT2D eigenvalue weighted by Crippen LogP contribution is 2.16. The fourth-order valence-corrected chi connectivity index (χ4v) is 1.91. The van der Waals surface area contributed by atoms with E-state index in [1.165, 1.54) is 0 Å². The summed E-state index contributed by atoms with van der Waals surface area (Å²) < 4.78 is 0. The van der Waals surface area contributed by atoms with Crippen molar-refractivity contribution in [2.24, 2.45) is 5.92 Å². The lowest BCUT2D eigenvalue weighted by molar-refractivity contribution is -0.138. The molecule has 2 amide bonds. The second kappa shape index (κ2) is 4.72. The van der Waals surface area contributed by atoms with Crippen LogP contribution < -0.4 is 5.32 Å². The lowest BCUT2D eigenvalue weighted by Gasteiger charge is -2.27. The maximum absolute atomic E-state index is 11.8. The third-order valence-electron chi connectivity index (χ3n) is 2.75. The molecule has 0 saturated carbocycles. The van der Waals surface area contributed by atoms with E-state index >= 15 is 0 Å². The van der Waals surface area contributed by atoms with Crippen molar-refractivity contribution in [3.63, 3.8) is 0 Å². The van der Waals surface area contributed by atoms with E-state index in [1.54, 1.807) is 18.7 Å². The van der Waals surface area contributed by atoms with E-state index < -0.39 is 11.5 Å². The lowest BCUT2D eigenvalue weighted by Crippen LogP contribution is -2.50. The van der Waals surface area contributed by atoms with Gasteiger partial charge in [-0.2, -0.15) is 0 Å². The molecule has 5 nitrogen and oxygen atoms in total. The van der Waals surface area contributed by atoms with Crippen LogP contribution in [0.15, 0.2) is 0 Å². The highest BCUT2D eigenvalue weighted by molar-refractivity contribution is 5.77. The first kappa shape index (κ1) is 12.8. The van der Waals surface area contributed by atoms with Crippen molar-refractivity contribution in [3.05, 3.63) is 0 Å². The van der Waals surface area contributed by atoms with Gasteiger partial charge in [0.15, 0.2) is 0 Å². The molecule has 0 aromatic rings. The molecule has 1 rings (SSSR count). The lowest BCUT2D eigenvalue weighted by atomic mass is 10.0. The van der Waals surface area contributed by atoms with Gasteiger partial charge in [0.25, 0.3) is 0 Å². The first-order valence-electron chi connectivity index (χ1n) is 5.59. The zero-order valence-electron chi connectivity index (χ0n) is 10.1. The summed E-state index contributed by atoms with van der Waals surface area (Å²) in [7, 11) is 0. The van der Waals surface area contributed by atoms with Gasteiger partial charge in [-0.25, -0.2) is 4.79 Å². The van der Waals surface area contributed by atoms with E-state index in [4.69, 9.17) is 5.11 Å². The van der Waals surface area contributed by atoms with E-state index in [1.807, 2.05) is 0 Å². The Morgan fingerprint density at radius 1 is 1.50 bits per heavy atom. The summed E-state index contributed by atoms with van der Waals surface area (Å²) in [5.74, 6) is -0.367. The SMILES string of the molecule is CC1CCN(C(=O)NC(C)(C)CC(=O)O)C1. The van der Waals surface area contributed by atoms with Crippen molar-refractivity contribution in [1.29, 1.82) is 0 Å². The number of carbonyl (C=O) groups is 2. The molecule has 0 bridgehead atoms. The Morgan fingerprint density at radius 2 is 2.12 bits per heavy atom. The van der Waals surface area contributed by atoms with Gasteiger partial charge in [0, 0.05) is 18.6 Å². The molecule has 16 heavy (non-hydrogen) atoms. The second-order valence-electron chi connectivity index (χ2n) is 5.22. The quantitative estimate of drug-likeness (QED) is 0.764. The van der Waals surface area contributed by atoms with E-state index in [2.05, 4.69) is 12.2 Å². The number of carbonyl (C=O) groups excluding carboxylic acids is 1. The zero-order chi connectivity index (χ0) is 12.3. The van der Waals surface area contributed by atoms with Gasteiger partial charge in [0.2, 0.25) is 0 Å². The molecule has 1 unspecified atom stereocenters. The number of rotatable bonds is 3. The smallest absolute Gasteiger partial charge is 0.317 e. The molecule has 1 fully saturated rings. The number of hydrogen-bond donors (Lipinski definition) is 2. The fraction of sp³-hybridized carbons (Fsp3) is 0.818. The van der Waals surface area contributed by atoms with Gasteiger partial charge in [-0.15, -0.1) is 0 Å². The molecule has 1 saturated heterocycles. The van der Waals surface area contributed by atoms with Gasteiger partial charge in [-0.1, -0.05) is 6.92 Å². The molecule has 0 aromatic carbocycles. The van der Waals surface area contributed by atoms with Crippen LogP contribution in [0.1, 0.15) is 33.6 Å². The van der Waals surface area contributed by atoms with Crippen molar-refractivity contribution in [2.75, 3.05) is 13.1 Å². The van der Waals surface area contributed by atoms with Crippen LogP contribution in [0.5, 0.6) is 0 Å². The molecule has 1 atom stereocenters. The first-order valence-corrected chi connectivity index (χ1v) is 5.59. The Labute approximate surface area is 95.8 Å². The number of aliphatic carboxylic acids is 1. The molecular weight excluding hydrogens is 208 g/mol. The summed E-state index contributed by atoms with van der Waals surface area (Å²) in [6, 6.07) is -0.157. The average molecular weight is 228 g/mol. The van der Waals surface area contributed by atoms with E-state index in [0.717, 1.165) is 19.5 Å². The normalized spacial score (nSPS) is 20.9. The van der Waals surface area contributed by atoms with Gasteiger partial charge in [-0.3, -0.25) is 4.79 Å². The van der Waals surface area contributed by atoms with Gasteiger partial charge < -0.3 is 15.3 Å². The second-order valence-corrected chi connectivity index (χ2v) is 5.22. The Kier molecular flexibility index (Phi) is 3.78. The van der Waals surface area contributed by atoms with Crippen LogP contribution in [-0.2, 0) is 4.79 Å². The van der Waals surface area contributed by atoms with E-state index in [0.29, 0.717) is 5.92 Å². The van der Waals surface area contributed by atoms with Crippen molar-refractivity contribution < 1.29 is 14.7 Å². The molecule has 0 radical (unpaired) electrons. The van der Waals surface area contributed by atoms with Gasteiger partial charge in [0.05, 0.1) is 6.42 Å². The molecule has 1 aliphatic rings. The number of carboxylic acid groups (broad SMARTS) is 1. The zero-order valence-corrected chi connectivity index (χ0v) is 10.1. The minimum Gasteiger partial charge on any atom is -0.481 e. The fourth-order valence-electron chi connectivity index (χ4n) is 1.91. The Hall–Kier alpha value is -1.26. The highest BCUT2D eigenvalue weighted by Gasteiger charge is 2.29. The maximum atomic E-state index is 11.8. The molecule has 2 N–H and O–H groups in total. The van der Waals surface area contributed by atoms with Gasteiger partial charge >= 0.3 is 12.0 Å². The number of carboxylic acids is 1. The van der Waals surface area contributed by atoms with Crippen LogP contribution in [0, 0.1) is 5.92 Å². The molecular formula is C11H20N2O3. The van der Waals surface area contributed by atoms with Crippen molar-refractivity contribution in [1.82, 2.24) is 10.2 Å². The highest BCUT2D eigenvalue weighted by atomic mass is 16.4. The van der Waals surface area contributed by atoms with Crippen LogP contribution in [0.2, 0.25) is 0 Å². The molecule has 0 aromatic heterocycles. The molecule has 5 heteroatoms. The van der Waals surface area contributed by atoms with Crippen LogP contribution in [0.4, 0.5) is 4.79 Å². The maximum Gasteiger partial charge on any atom is 0.317 e. The number of likely N-dealkylation sites (tertiary alicyclic amines) is 1. The Balaban J connectivity index is 2.47. The van der Waals surface area contributed by atoms with Crippen LogP contribution >= 0.6 is 0 Å². The predicted molar refractivity (Wildman–Crippen MR) is 60.2 cm³/mol. The van der Waals surface area contributed by atoms with Crippen molar-refractivity contribution in [3.8, 4) is 0 Å². The average Bonchev–Trinajstić information content (AvgIpc) is 2.47. The minimum absolute atomic E-state index is 0.0673. The summed E-state index contributed by atoms with van der Waals surface area (Å²) in [5.41, 5.74) is -0.700. The molecule has 92 valence electrons. The van der Waals surface area contributed by atoms with E-state index in [9.17, 15) is 9.59 Å². The van der Waals surface area contributed by atoms with Crippen molar-refractivity contribution in [2.45, 2.75) is 39.2 Å². The Bertz CT molecular complexity index is 289. The van der Waals surface area contributed by atoms with Gasteiger partial charge in [0.1, 0.15) is 0 Å². The largest absolute Gasteiger partial charge is 0.481 e. The summed E-state index contributed by atoms with van der Waals surface area (Å²) in [4.78, 5) is 24.2. The summed E-state index contributed by atoms with van der Waals surface area (Å²) in [6.07, 6.45) is 0.953. The number of amides is 2. The molecule has 1 aliphatic heterocycles. The number of nitrogens with one attached hydrogen (secondary N) is 1. The molecule has 0 aliphatic carbocycles.